The van der Waals surface area contributed by atoms with E-state index in [9.17, 15) is 20.1 Å². The zero-order chi connectivity index (χ0) is 24.1. The molecule has 0 aromatic heterocycles. The van der Waals surface area contributed by atoms with Crippen LogP contribution in [0, 0.1) is 17.8 Å². The molecule has 0 aliphatic rings. The van der Waals surface area contributed by atoms with Gasteiger partial charge >= 0.3 is 5.97 Å². The lowest BCUT2D eigenvalue weighted by Gasteiger charge is -2.15. The van der Waals surface area contributed by atoms with E-state index in [-0.39, 0.29) is 12.2 Å². The summed E-state index contributed by atoms with van der Waals surface area (Å²) in [6.45, 7) is 11.5. The Hall–Kier alpha value is -2.17. The van der Waals surface area contributed by atoms with Crippen LogP contribution in [0.25, 0.3) is 0 Å². The second kappa shape index (κ2) is 14.8. The van der Waals surface area contributed by atoms with E-state index >= 15 is 0 Å². The number of esters is 1. The maximum absolute atomic E-state index is 12.0. The molecule has 0 aliphatic heterocycles. The third-order valence-corrected chi connectivity index (χ3v) is 6.09. The van der Waals surface area contributed by atoms with E-state index < -0.39 is 23.2 Å². The van der Waals surface area contributed by atoms with Crippen molar-refractivity contribution >= 4 is 5.97 Å². The van der Waals surface area contributed by atoms with Crippen LogP contribution in [0.2, 0.25) is 0 Å². The number of carbonyl (C=O) groups is 1. The predicted octanol–water partition coefficient (Wildman–Crippen LogP) is 7.35. The molecule has 1 aromatic rings. The number of allylic oxidation sites excluding steroid dienone is 1. The summed E-state index contributed by atoms with van der Waals surface area (Å²) < 4.78 is 5.17. The quantitative estimate of drug-likeness (QED) is 0.148. The molecular formula is C27H44O5. The van der Waals surface area contributed by atoms with Crippen LogP contribution in [-0.2, 0) is 4.74 Å². The van der Waals surface area contributed by atoms with Crippen molar-refractivity contribution in [2.75, 3.05) is 6.61 Å². The molecule has 0 aliphatic carbocycles. The number of phenols is 3. The summed E-state index contributed by atoms with van der Waals surface area (Å²) in [4.78, 5) is 12.0. The molecule has 5 nitrogen and oxygen atoms in total. The molecule has 1 aromatic carbocycles. The third kappa shape index (κ3) is 11.4. The molecule has 32 heavy (non-hydrogen) atoms. The number of rotatable bonds is 15. The Morgan fingerprint density at radius 1 is 0.875 bits per heavy atom. The first-order chi connectivity index (χ1) is 15.1. The van der Waals surface area contributed by atoms with Crippen LogP contribution in [0.3, 0.4) is 0 Å². The van der Waals surface area contributed by atoms with Gasteiger partial charge in [-0.3, -0.25) is 0 Å². The van der Waals surface area contributed by atoms with Gasteiger partial charge in [-0.05, 0) is 55.7 Å². The molecule has 0 saturated heterocycles. The standard InChI is InChI=1S/C27H44O5/c1-19(2)9-6-10-20(3)11-7-12-21(4)13-8-14-22(5)15-16-32-27(31)23-17-24(28)26(30)25(29)18-23/h15,17-21,28-30H,6-14,16H2,1-5H3/b22-15+/t20-,21-/m1/s1. The van der Waals surface area contributed by atoms with Gasteiger partial charge in [0.1, 0.15) is 6.61 Å². The number of ether oxygens (including phenoxy) is 1. The first-order valence-electron chi connectivity index (χ1n) is 12.2. The molecule has 3 N–H and O–H groups in total. The number of phenolic OH excluding ortho intramolecular Hbond substituents is 3. The van der Waals surface area contributed by atoms with Crippen LogP contribution >= 0.6 is 0 Å². The van der Waals surface area contributed by atoms with Gasteiger partial charge in [0.2, 0.25) is 0 Å². The van der Waals surface area contributed by atoms with Gasteiger partial charge in [0.25, 0.3) is 0 Å². The Morgan fingerprint density at radius 2 is 1.38 bits per heavy atom. The van der Waals surface area contributed by atoms with Gasteiger partial charge < -0.3 is 20.1 Å². The molecule has 1 rings (SSSR count). The van der Waals surface area contributed by atoms with Crippen molar-refractivity contribution in [2.45, 2.75) is 92.4 Å². The zero-order valence-electron chi connectivity index (χ0n) is 20.7. The lowest BCUT2D eigenvalue weighted by molar-refractivity contribution is 0.0548. The average Bonchev–Trinajstić information content (AvgIpc) is 2.71. The van der Waals surface area contributed by atoms with Crippen molar-refractivity contribution in [1.82, 2.24) is 0 Å². The monoisotopic (exact) mass is 448 g/mol. The summed E-state index contributed by atoms with van der Waals surface area (Å²) in [5.74, 6) is -0.0391. The zero-order valence-corrected chi connectivity index (χ0v) is 20.7. The maximum atomic E-state index is 12.0. The summed E-state index contributed by atoms with van der Waals surface area (Å²) in [6.07, 6.45) is 13.2. The molecule has 182 valence electrons. The number of aromatic hydroxyl groups is 3. The van der Waals surface area contributed by atoms with Gasteiger partial charge in [0, 0.05) is 0 Å². The van der Waals surface area contributed by atoms with Crippen LogP contribution in [0.4, 0.5) is 0 Å². The van der Waals surface area contributed by atoms with Crippen LogP contribution < -0.4 is 0 Å². The highest BCUT2D eigenvalue weighted by molar-refractivity contribution is 5.91. The first kappa shape index (κ1) is 27.9. The smallest absolute Gasteiger partial charge is 0.338 e. The number of carbonyl (C=O) groups excluding carboxylic acids is 1. The summed E-state index contributed by atoms with van der Waals surface area (Å²) >= 11 is 0. The van der Waals surface area contributed by atoms with Gasteiger partial charge in [-0.2, -0.15) is 0 Å². The number of hydrogen-bond donors (Lipinski definition) is 3. The van der Waals surface area contributed by atoms with Crippen molar-refractivity contribution in [3.8, 4) is 17.2 Å². The molecule has 0 unspecified atom stereocenters. The van der Waals surface area contributed by atoms with Gasteiger partial charge in [0.15, 0.2) is 17.2 Å². The summed E-state index contributed by atoms with van der Waals surface area (Å²) in [6, 6.07) is 2.14. The molecule has 5 heteroatoms. The van der Waals surface area contributed by atoms with Crippen LogP contribution in [0.1, 0.15) is 103 Å². The SMILES string of the molecule is C/C(=C\COC(=O)c1cc(O)c(O)c(O)c1)CCC[C@H](C)CCC[C@H](C)CCCC(C)C. The van der Waals surface area contributed by atoms with Gasteiger partial charge in [0.05, 0.1) is 5.56 Å². The van der Waals surface area contributed by atoms with E-state index in [1.165, 1.54) is 50.5 Å². The number of benzene rings is 1. The summed E-state index contributed by atoms with van der Waals surface area (Å²) in [5, 5.41) is 28.3. The minimum Gasteiger partial charge on any atom is -0.504 e. The van der Waals surface area contributed by atoms with E-state index in [1.54, 1.807) is 0 Å². The Labute approximate surface area is 194 Å². The minimum atomic E-state index is -0.660. The van der Waals surface area contributed by atoms with E-state index in [2.05, 4.69) is 27.7 Å². The van der Waals surface area contributed by atoms with Gasteiger partial charge in [-0.1, -0.05) is 78.2 Å². The maximum Gasteiger partial charge on any atom is 0.338 e. The van der Waals surface area contributed by atoms with Crippen molar-refractivity contribution in [1.29, 1.82) is 0 Å². The highest BCUT2D eigenvalue weighted by Gasteiger charge is 2.14. The molecule has 0 spiro atoms. The Kier molecular flexibility index (Phi) is 12.9. The molecule has 0 radical (unpaired) electrons. The fraction of sp³-hybridized carbons (Fsp3) is 0.667. The largest absolute Gasteiger partial charge is 0.504 e. The van der Waals surface area contributed by atoms with Crippen LogP contribution in [0.15, 0.2) is 23.8 Å². The molecule has 0 saturated carbocycles. The Balaban J connectivity index is 2.20. The van der Waals surface area contributed by atoms with Crippen molar-refractivity contribution < 1.29 is 24.9 Å². The lowest BCUT2D eigenvalue weighted by atomic mass is 9.91. The Morgan fingerprint density at radius 3 is 1.91 bits per heavy atom. The topological polar surface area (TPSA) is 87.0 Å². The fourth-order valence-corrected chi connectivity index (χ4v) is 3.87. The molecule has 0 amide bonds. The summed E-state index contributed by atoms with van der Waals surface area (Å²) in [5.41, 5.74) is 1.17. The van der Waals surface area contributed by atoms with Crippen molar-refractivity contribution in [3.05, 3.63) is 29.3 Å². The highest BCUT2D eigenvalue weighted by Crippen LogP contribution is 2.35. The van der Waals surface area contributed by atoms with Gasteiger partial charge in [-0.15, -0.1) is 0 Å². The minimum absolute atomic E-state index is 0.00748. The van der Waals surface area contributed by atoms with Crippen molar-refractivity contribution in [3.63, 3.8) is 0 Å². The second-order valence-corrected chi connectivity index (χ2v) is 9.87. The van der Waals surface area contributed by atoms with E-state index in [0.29, 0.717) is 0 Å². The van der Waals surface area contributed by atoms with Crippen LogP contribution in [-0.4, -0.2) is 27.9 Å². The first-order valence-corrected chi connectivity index (χ1v) is 12.2. The molecule has 0 bridgehead atoms. The van der Waals surface area contributed by atoms with E-state index in [4.69, 9.17) is 4.74 Å². The van der Waals surface area contributed by atoms with E-state index in [1.807, 2.05) is 13.0 Å². The normalized spacial score (nSPS) is 13.9. The molecular weight excluding hydrogens is 404 g/mol. The summed E-state index contributed by atoms with van der Waals surface area (Å²) in [7, 11) is 0. The second-order valence-electron chi connectivity index (χ2n) is 9.87. The number of hydrogen-bond acceptors (Lipinski definition) is 5. The van der Waals surface area contributed by atoms with Crippen molar-refractivity contribution in [2.24, 2.45) is 17.8 Å². The fourth-order valence-electron chi connectivity index (χ4n) is 3.87. The molecule has 0 fully saturated rings. The lowest BCUT2D eigenvalue weighted by Crippen LogP contribution is -2.05. The Bertz CT molecular complexity index is 700. The molecule has 2 atom stereocenters. The van der Waals surface area contributed by atoms with E-state index in [0.717, 1.165) is 42.7 Å². The average molecular weight is 449 g/mol. The molecule has 0 heterocycles. The predicted molar refractivity (Wildman–Crippen MR) is 130 cm³/mol. The third-order valence-electron chi connectivity index (χ3n) is 6.09. The highest BCUT2D eigenvalue weighted by atomic mass is 16.5. The van der Waals surface area contributed by atoms with Crippen LogP contribution in [0.5, 0.6) is 17.2 Å². The van der Waals surface area contributed by atoms with Gasteiger partial charge in [-0.25, -0.2) is 4.79 Å².